The van der Waals surface area contributed by atoms with Gasteiger partial charge in [0.15, 0.2) is 0 Å². The van der Waals surface area contributed by atoms with Crippen molar-refractivity contribution < 1.29 is 29.6 Å². The first-order valence-electron chi connectivity index (χ1n) is 13.8. The molecule has 14 heteroatoms. The maximum Gasteiger partial charge on any atom is 0.243 e. The quantitative estimate of drug-likeness (QED) is 0.0410. The largest absolute Gasteiger partial charge is 0.390 e. The van der Waals surface area contributed by atoms with E-state index >= 15 is 0 Å². The fourth-order valence-corrected chi connectivity index (χ4v) is 6.09. The molecule has 2 aliphatic rings. The number of nitrogens with one attached hydrogen (secondary N) is 4. The van der Waals surface area contributed by atoms with Crippen molar-refractivity contribution in [2.24, 2.45) is 22.8 Å². The molecule has 1 saturated carbocycles. The smallest absolute Gasteiger partial charge is 0.243 e. The standard InChI is InChI=1S/C26H45N7O6S/c1-3-19(34)23(37)15(2)10-30-12-21(35)31-4-5-39-14-26-7-18(33(20(26)8-26)22(36)9-27)25(38)32-11-17-6-16(13-40-17)24(28)29/h6,13,15,18-21,23,30-31,34-35,37H,3-5,7-12,14,27H2,1-2H3,(H3,28,29)(H,32,38)/t15-,18?,19?,20?,21?,23?,26-/m0/s1. The van der Waals surface area contributed by atoms with Gasteiger partial charge < -0.3 is 47.1 Å². The Morgan fingerprint density at radius 3 is 2.70 bits per heavy atom. The van der Waals surface area contributed by atoms with Crippen LogP contribution < -0.4 is 27.4 Å². The maximum absolute atomic E-state index is 13.0. The number of amidine groups is 1. The van der Waals surface area contributed by atoms with E-state index < -0.39 is 24.5 Å². The van der Waals surface area contributed by atoms with E-state index in [0.29, 0.717) is 44.7 Å². The molecule has 5 unspecified atom stereocenters. The molecule has 11 N–H and O–H groups in total. The molecule has 1 aromatic heterocycles. The minimum atomic E-state index is -0.819. The second-order valence-corrected chi connectivity index (χ2v) is 11.9. The minimum absolute atomic E-state index is 0.0255. The second kappa shape index (κ2) is 14.6. The highest BCUT2D eigenvalue weighted by atomic mass is 32.1. The summed E-state index contributed by atoms with van der Waals surface area (Å²) in [5, 5.41) is 48.1. The lowest BCUT2D eigenvalue weighted by Gasteiger charge is -2.26. The third-order valence-corrected chi connectivity index (χ3v) is 8.74. The van der Waals surface area contributed by atoms with E-state index in [9.17, 15) is 24.9 Å². The molecular formula is C26H45N7O6S. The molecule has 3 rings (SSSR count). The van der Waals surface area contributed by atoms with E-state index in [1.807, 2.05) is 13.8 Å². The highest BCUT2D eigenvalue weighted by Gasteiger charge is 2.67. The Balaban J connectivity index is 1.38. The minimum Gasteiger partial charge on any atom is -0.390 e. The molecule has 1 aliphatic carbocycles. The van der Waals surface area contributed by atoms with Crippen molar-refractivity contribution in [2.45, 2.75) is 70.2 Å². The Morgan fingerprint density at radius 1 is 1.30 bits per heavy atom. The maximum atomic E-state index is 13.0. The topological polar surface area (TPSA) is 219 Å². The number of hydrogen-bond acceptors (Lipinski definition) is 11. The summed E-state index contributed by atoms with van der Waals surface area (Å²) in [5.74, 6) is -0.686. The van der Waals surface area contributed by atoms with Crippen LogP contribution in [0.5, 0.6) is 0 Å². The summed E-state index contributed by atoms with van der Waals surface area (Å²) in [6, 6.07) is 1.07. The van der Waals surface area contributed by atoms with E-state index in [1.54, 1.807) is 16.3 Å². The summed E-state index contributed by atoms with van der Waals surface area (Å²) >= 11 is 1.41. The molecule has 0 spiro atoms. The highest BCUT2D eigenvalue weighted by molar-refractivity contribution is 7.10. The van der Waals surface area contributed by atoms with Crippen LogP contribution in [0.3, 0.4) is 0 Å². The van der Waals surface area contributed by atoms with Crippen LogP contribution >= 0.6 is 11.3 Å². The monoisotopic (exact) mass is 583 g/mol. The van der Waals surface area contributed by atoms with Crippen LogP contribution in [-0.4, -0.2) is 108 Å². The average Bonchev–Trinajstić information content (AvgIpc) is 3.26. The number of nitrogen functional groups attached to an aromatic ring is 1. The molecular weight excluding hydrogens is 538 g/mol. The third kappa shape index (κ3) is 8.19. The number of aliphatic hydroxyl groups excluding tert-OH is 3. The van der Waals surface area contributed by atoms with Crippen molar-refractivity contribution in [3.63, 3.8) is 0 Å². The Labute approximate surface area is 239 Å². The first kappa shape index (κ1) is 32.3. The number of piperidine rings is 1. The lowest BCUT2D eigenvalue weighted by atomic mass is 9.98. The summed E-state index contributed by atoms with van der Waals surface area (Å²) in [5.41, 5.74) is 11.5. The molecule has 2 fully saturated rings. The number of hydrogen-bond donors (Lipinski definition) is 9. The van der Waals surface area contributed by atoms with Crippen LogP contribution in [0.25, 0.3) is 0 Å². The van der Waals surface area contributed by atoms with Gasteiger partial charge in [0.25, 0.3) is 0 Å². The van der Waals surface area contributed by atoms with Gasteiger partial charge in [-0.15, -0.1) is 11.3 Å². The number of fused-ring (bicyclic) bond motifs is 1. The van der Waals surface area contributed by atoms with E-state index in [2.05, 4.69) is 16.0 Å². The van der Waals surface area contributed by atoms with Gasteiger partial charge in [0.05, 0.1) is 38.5 Å². The van der Waals surface area contributed by atoms with Crippen molar-refractivity contribution in [3.05, 3.63) is 21.9 Å². The number of nitrogens with two attached hydrogens (primary N) is 2. The zero-order valence-corrected chi connectivity index (χ0v) is 24.1. The van der Waals surface area contributed by atoms with Gasteiger partial charge in [-0.05, 0) is 31.2 Å². The van der Waals surface area contributed by atoms with Crippen molar-refractivity contribution in [1.82, 2.24) is 20.9 Å². The molecule has 1 saturated heterocycles. The first-order valence-corrected chi connectivity index (χ1v) is 14.7. The van der Waals surface area contributed by atoms with Gasteiger partial charge in [-0.25, -0.2) is 0 Å². The van der Waals surface area contributed by atoms with Gasteiger partial charge >= 0.3 is 0 Å². The summed E-state index contributed by atoms with van der Waals surface area (Å²) in [6.07, 6.45) is -0.655. The van der Waals surface area contributed by atoms with Crippen LogP contribution in [0.15, 0.2) is 11.4 Å². The van der Waals surface area contributed by atoms with E-state index in [4.69, 9.17) is 21.6 Å². The lowest BCUT2D eigenvalue weighted by Crippen LogP contribution is -2.49. The second-order valence-electron chi connectivity index (χ2n) is 10.9. The summed E-state index contributed by atoms with van der Waals surface area (Å²) in [6.45, 7) is 5.65. The van der Waals surface area contributed by atoms with Gasteiger partial charge in [0.1, 0.15) is 18.1 Å². The number of thiophene rings is 1. The van der Waals surface area contributed by atoms with E-state index in [1.165, 1.54) is 11.3 Å². The van der Waals surface area contributed by atoms with E-state index in [-0.39, 0.29) is 54.7 Å². The predicted molar refractivity (Wildman–Crippen MR) is 151 cm³/mol. The molecule has 7 atom stereocenters. The van der Waals surface area contributed by atoms with Crippen LogP contribution in [0, 0.1) is 16.7 Å². The van der Waals surface area contributed by atoms with Gasteiger partial charge in [0, 0.05) is 46.9 Å². The van der Waals surface area contributed by atoms with Gasteiger partial charge in [0.2, 0.25) is 11.8 Å². The molecule has 0 aromatic carbocycles. The Kier molecular flexibility index (Phi) is 11.8. The molecule has 0 radical (unpaired) electrons. The Hall–Kier alpha value is -2.17. The fourth-order valence-electron chi connectivity index (χ4n) is 5.27. The number of rotatable bonds is 18. The Bertz CT molecular complexity index is 1010. The molecule has 1 aliphatic heterocycles. The van der Waals surface area contributed by atoms with Crippen LogP contribution in [0.1, 0.15) is 43.6 Å². The number of aliphatic hydroxyl groups is 3. The van der Waals surface area contributed by atoms with Crippen LogP contribution in [-0.2, 0) is 20.9 Å². The zero-order chi connectivity index (χ0) is 29.4. The number of nitrogens with zero attached hydrogens (tertiary/aromatic N) is 1. The number of ether oxygens (including phenoxy) is 1. The summed E-state index contributed by atoms with van der Waals surface area (Å²) in [4.78, 5) is 28.1. The number of carbonyl (C=O) groups is 2. The molecule has 40 heavy (non-hydrogen) atoms. The molecule has 1 aromatic rings. The Morgan fingerprint density at radius 2 is 2.05 bits per heavy atom. The summed E-state index contributed by atoms with van der Waals surface area (Å²) < 4.78 is 5.88. The SMILES string of the molecule is CCC(O)C(O)[C@@H](C)CNCC(O)NCCOC[C@@]12CC(C(=O)NCc3cc(C(=N)N)cs3)N(C(=O)CN)C1C2. The predicted octanol–water partition coefficient (Wildman–Crippen LogP) is -1.75. The fraction of sp³-hybridized carbons (Fsp3) is 0.731. The van der Waals surface area contributed by atoms with Gasteiger partial charge in [-0.1, -0.05) is 13.8 Å². The number of amides is 2. The van der Waals surface area contributed by atoms with Crippen molar-refractivity contribution in [3.8, 4) is 0 Å². The molecule has 2 heterocycles. The van der Waals surface area contributed by atoms with Gasteiger partial charge in [-0.2, -0.15) is 0 Å². The number of carbonyl (C=O) groups excluding carboxylic acids is 2. The molecule has 0 bridgehead atoms. The molecule has 13 nitrogen and oxygen atoms in total. The van der Waals surface area contributed by atoms with Gasteiger partial charge in [-0.3, -0.25) is 20.3 Å². The first-order chi connectivity index (χ1) is 19.0. The number of likely N-dealkylation sites (tertiary alicyclic amines) is 1. The zero-order valence-electron chi connectivity index (χ0n) is 23.3. The third-order valence-electron chi connectivity index (χ3n) is 7.80. The lowest BCUT2D eigenvalue weighted by molar-refractivity contribution is -0.138. The molecule has 226 valence electrons. The van der Waals surface area contributed by atoms with E-state index in [0.717, 1.165) is 11.3 Å². The average molecular weight is 584 g/mol. The van der Waals surface area contributed by atoms with Crippen molar-refractivity contribution in [2.75, 3.05) is 39.4 Å². The summed E-state index contributed by atoms with van der Waals surface area (Å²) in [7, 11) is 0. The van der Waals surface area contributed by atoms with Crippen LogP contribution in [0.4, 0.5) is 0 Å². The van der Waals surface area contributed by atoms with Crippen molar-refractivity contribution >= 4 is 29.0 Å². The normalized spacial score (nSPS) is 24.7. The highest BCUT2D eigenvalue weighted by Crippen LogP contribution is 2.59. The van der Waals surface area contributed by atoms with Crippen LogP contribution in [0.2, 0.25) is 0 Å². The molecule has 2 amide bonds. The van der Waals surface area contributed by atoms with Crippen molar-refractivity contribution in [1.29, 1.82) is 5.41 Å².